The molecule has 1 fully saturated rings. The Morgan fingerprint density at radius 3 is 2.80 bits per heavy atom. The number of morpholine rings is 1. The number of hydrogen-bond donors (Lipinski definition) is 2. The molecule has 1 aliphatic heterocycles. The second-order valence-electron chi connectivity index (χ2n) is 8.61. The van der Waals surface area contributed by atoms with Crippen LogP contribution in [-0.2, 0) is 17.7 Å². The van der Waals surface area contributed by atoms with E-state index < -0.39 is 11.5 Å². The molecule has 0 aromatic carbocycles. The van der Waals surface area contributed by atoms with Gasteiger partial charge in [-0.1, -0.05) is 19.9 Å². The van der Waals surface area contributed by atoms with Crippen LogP contribution in [0.2, 0.25) is 0 Å². The third-order valence-electron chi connectivity index (χ3n) is 5.58. The maximum atomic E-state index is 12.7. The van der Waals surface area contributed by atoms with E-state index in [4.69, 9.17) is 4.74 Å². The molecule has 1 aliphatic carbocycles. The highest BCUT2D eigenvalue weighted by molar-refractivity contribution is 6.02. The monoisotopic (exact) mass is 410 g/mol. The molecule has 8 heteroatoms. The highest BCUT2D eigenvalue weighted by atomic mass is 16.5. The molecule has 3 heterocycles. The summed E-state index contributed by atoms with van der Waals surface area (Å²) >= 11 is 0. The molecule has 0 radical (unpaired) electrons. The van der Waals surface area contributed by atoms with Crippen LogP contribution < -0.4 is 15.8 Å². The first-order valence-electron chi connectivity index (χ1n) is 10.2. The van der Waals surface area contributed by atoms with E-state index in [0.717, 1.165) is 24.5 Å². The number of carbonyl (C=O) groups excluding carboxylic acids is 2. The molecule has 1 saturated heterocycles. The van der Waals surface area contributed by atoms with Gasteiger partial charge in [-0.15, -0.1) is 0 Å². The first-order valence-corrected chi connectivity index (χ1v) is 10.2. The molecule has 0 saturated carbocycles. The molecule has 1 amide bonds. The predicted octanol–water partition coefficient (Wildman–Crippen LogP) is 1.69. The molecule has 0 atom stereocenters. The van der Waals surface area contributed by atoms with Gasteiger partial charge in [-0.25, -0.2) is 4.98 Å². The molecule has 2 aliphatic rings. The molecule has 158 valence electrons. The second-order valence-corrected chi connectivity index (χ2v) is 8.61. The van der Waals surface area contributed by atoms with Crippen molar-refractivity contribution in [3.63, 3.8) is 0 Å². The number of ketones is 1. The van der Waals surface area contributed by atoms with Crippen LogP contribution in [0.4, 0.5) is 5.82 Å². The Labute approximate surface area is 174 Å². The SMILES string of the molecule is CC1(C)CC(=O)c2cc(C(=O)NCc3cccnc3N3CCOCC3)c(=O)[nH]c2C1. The van der Waals surface area contributed by atoms with Gasteiger partial charge in [-0.3, -0.25) is 14.4 Å². The fourth-order valence-electron chi connectivity index (χ4n) is 4.10. The Hall–Kier alpha value is -3.00. The Balaban J connectivity index is 1.53. The third-order valence-corrected chi connectivity index (χ3v) is 5.58. The largest absolute Gasteiger partial charge is 0.378 e. The van der Waals surface area contributed by atoms with E-state index in [0.29, 0.717) is 37.3 Å². The number of amides is 1. The number of pyridine rings is 2. The van der Waals surface area contributed by atoms with Gasteiger partial charge in [0, 0.05) is 49.1 Å². The van der Waals surface area contributed by atoms with Crippen LogP contribution >= 0.6 is 0 Å². The van der Waals surface area contributed by atoms with Crippen molar-refractivity contribution in [2.75, 3.05) is 31.2 Å². The maximum absolute atomic E-state index is 12.7. The number of hydrogen-bond acceptors (Lipinski definition) is 6. The highest BCUT2D eigenvalue weighted by Crippen LogP contribution is 2.33. The highest BCUT2D eigenvalue weighted by Gasteiger charge is 2.32. The number of nitrogens with one attached hydrogen (secondary N) is 2. The minimum atomic E-state index is -0.506. The average molecular weight is 410 g/mol. The van der Waals surface area contributed by atoms with Crippen LogP contribution in [0.3, 0.4) is 0 Å². The topological polar surface area (TPSA) is 104 Å². The lowest BCUT2D eigenvalue weighted by Crippen LogP contribution is -2.38. The van der Waals surface area contributed by atoms with Gasteiger partial charge in [0.25, 0.3) is 11.5 Å². The Kier molecular flexibility index (Phi) is 5.42. The van der Waals surface area contributed by atoms with Gasteiger partial charge in [0.2, 0.25) is 0 Å². The smallest absolute Gasteiger partial charge is 0.261 e. The molecule has 0 unspecified atom stereocenters. The number of fused-ring (bicyclic) bond motifs is 1. The average Bonchev–Trinajstić information content (AvgIpc) is 2.71. The van der Waals surface area contributed by atoms with Crippen LogP contribution in [0.25, 0.3) is 0 Å². The van der Waals surface area contributed by atoms with Crippen LogP contribution in [0.1, 0.15) is 52.2 Å². The standard InChI is InChI=1S/C22H26N4O4/c1-22(2)11-17-15(18(27)12-22)10-16(21(29)25-17)20(28)24-13-14-4-3-5-23-19(14)26-6-8-30-9-7-26/h3-5,10H,6-9,11-13H2,1-2H3,(H,24,28)(H,25,29). The van der Waals surface area contributed by atoms with Crippen LogP contribution in [-0.4, -0.2) is 48.0 Å². The van der Waals surface area contributed by atoms with Crippen molar-refractivity contribution in [3.05, 3.63) is 57.1 Å². The van der Waals surface area contributed by atoms with E-state index in [-0.39, 0.29) is 23.3 Å². The molecule has 4 rings (SSSR count). The number of aromatic nitrogens is 2. The van der Waals surface area contributed by atoms with E-state index in [1.807, 2.05) is 26.0 Å². The number of ether oxygens (including phenoxy) is 1. The van der Waals surface area contributed by atoms with E-state index in [2.05, 4.69) is 20.2 Å². The molecular weight excluding hydrogens is 384 g/mol. The predicted molar refractivity (Wildman–Crippen MR) is 112 cm³/mol. The molecule has 8 nitrogen and oxygen atoms in total. The van der Waals surface area contributed by atoms with Crippen molar-refractivity contribution in [3.8, 4) is 0 Å². The number of carbonyl (C=O) groups is 2. The summed E-state index contributed by atoms with van der Waals surface area (Å²) in [5.41, 5.74) is 1.19. The van der Waals surface area contributed by atoms with Crippen molar-refractivity contribution in [2.24, 2.45) is 5.41 Å². The maximum Gasteiger partial charge on any atom is 0.261 e. The first-order chi connectivity index (χ1) is 14.3. The summed E-state index contributed by atoms with van der Waals surface area (Å²) in [6.45, 7) is 6.97. The van der Waals surface area contributed by atoms with E-state index in [1.165, 1.54) is 6.07 Å². The van der Waals surface area contributed by atoms with Crippen molar-refractivity contribution in [2.45, 2.75) is 33.2 Å². The minimum absolute atomic E-state index is 0.0429. The van der Waals surface area contributed by atoms with Gasteiger partial charge in [-0.05, 0) is 24.0 Å². The van der Waals surface area contributed by atoms with Gasteiger partial charge in [0.1, 0.15) is 11.4 Å². The number of Topliss-reactive ketones (excluding diaryl/α,β-unsaturated/α-hetero) is 1. The zero-order chi connectivity index (χ0) is 21.3. The van der Waals surface area contributed by atoms with Gasteiger partial charge in [0.15, 0.2) is 5.78 Å². The fraction of sp³-hybridized carbons (Fsp3) is 0.455. The van der Waals surface area contributed by atoms with Crippen molar-refractivity contribution in [1.82, 2.24) is 15.3 Å². The lowest BCUT2D eigenvalue weighted by Gasteiger charge is -2.30. The first kappa shape index (κ1) is 20.3. The summed E-state index contributed by atoms with van der Waals surface area (Å²) in [5.74, 6) is 0.250. The third kappa shape index (κ3) is 4.14. The normalized spacial score (nSPS) is 18.1. The summed E-state index contributed by atoms with van der Waals surface area (Å²) in [4.78, 5) is 47.1. The van der Waals surface area contributed by atoms with Crippen molar-refractivity contribution < 1.29 is 14.3 Å². The molecule has 30 heavy (non-hydrogen) atoms. The lowest BCUT2D eigenvalue weighted by atomic mass is 9.75. The summed E-state index contributed by atoms with van der Waals surface area (Å²) in [6.07, 6.45) is 2.72. The van der Waals surface area contributed by atoms with Gasteiger partial charge in [-0.2, -0.15) is 0 Å². The summed E-state index contributed by atoms with van der Waals surface area (Å²) < 4.78 is 5.39. The Bertz CT molecular complexity index is 1040. The fourth-order valence-corrected chi connectivity index (χ4v) is 4.10. The summed E-state index contributed by atoms with van der Waals surface area (Å²) in [7, 11) is 0. The van der Waals surface area contributed by atoms with Crippen LogP contribution in [0.5, 0.6) is 0 Å². The van der Waals surface area contributed by atoms with Gasteiger partial charge >= 0.3 is 0 Å². The van der Waals surface area contributed by atoms with Crippen molar-refractivity contribution in [1.29, 1.82) is 0 Å². The minimum Gasteiger partial charge on any atom is -0.378 e. The van der Waals surface area contributed by atoms with E-state index in [1.54, 1.807) is 6.20 Å². The molecular formula is C22H26N4O4. The van der Waals surface area contributed by atoms with E-state index in [9.17, 15) is 14.4 Å². The van der Waals surface area contributed by atoms with Gasteiger partial charge in [0.05, 0.1) is 13.2 Å². The van der Waals surface area contributed by atoms with Crippen molar-refractivity contribution >= 4 is 17.5 Å². The Morgan fingerprint density at radius 2 is 2.03 bits per heavy atom. The molecule has 0 bridgehead atoms. The zero-order valence-corrected chi connectivity index (χ0v) is 17.3. The zero-order valence-electron chi connectivity index (χ0n) is 17.3. The quantitative estimate of drug-likeness (QED) is 0.795. The van der Waals surface area contributed by atoms with Crippen LogP contribution in [0, 0.1) is 5.41 Å². The Morgan fingerprint density at radius 1 is 1.27 bits per heavy atom. The lowest BCUT2D eigenvalue weighted by molar-refractivity contribution is 0.0910. The molecule has 2 aromatic rings. The molecule has 2 aromatic heterocycles. The second kappa shape index (κ2) is 8.02. The number of rotatable bonds is 4. The summed E-state index contributed by atoms with van der Waals surface area (Å²) in [5, 5.41) is 2.81. The number of nitrogens with zero attached hydrogens (tertiary/aromatic N) is 2. The number of H-pyrrole nitrogens is 1. The van der Waals surface area contributed by atoms with E-state index >= 15 is 0 Å². The number of aromatic amines is 1. The number of anilines is 1. The summed E-state index contributed by atoms with van der Waals surface area (Å²) in [6, 6.07) is 5.16. The molecule has 2 N–H and O–H groups in total. The van der Waals surface area contributed by atoms with Crippen LogP contribution in [0.15, 0.2) is 29.2 Å². The van der Waals surface area contributed by atoms with Gasteiger partial charge < -0.3 is 19.9 Å². The molecule has 0 spiro atoms.